The summed E-state index contributed by atoms with van der Waals surface area (Å²) in [6, 6.07) is 9.76. The molecule has 0 bridgehead atoms. The molecule has 23 heavy (non-hydrogen) atoms. The van der Waals surface area contributed by atoms with Crippen molar-refractivity contribution in [2.24, 2.45) is 0 Å². The zero-order valence-electron chi connectivity index (χ0n) is 13.0. The Morgan fingerprint density at radius 3 is 2.78 bits per heavy atom. The zero-order chi connectivity index (χ0) is 16.4. The number of aliphatic hydroxyl groups excluding tert-OH is 1. The smallest absolute Gasteiger partial charge is 0.135 e. The first kappa shape index (κ1) is 15.5. The number of benzene rings is 1. The molecular formula is C18H19N3OS. The van der Waals surface area contributed by atoms with Crippen molar-refractivity contribution < 1.29 is 5.11 Å². The fraction of sp³-hybridized carbons (Fsp3) is 0.222. The second kappa shape index (κ2) is 6.38. The van der Waals surface area contributed by atoms with Crippen LogP contribution in [0.1, 0.15) is 18.4 Å². The lowest BCUT2D eigenvalue weighted by Gasteiger charge is -2.24. The van der Waals surface area contributed by atoms with Gasteiger partial charge in [0, 0.05) is 17.5 Å². The highest BCUT2D eigenvalue weighted by Crippen LogP contribution is 2.35. The SMILES string of the molecule is C=CCN1C(=N)C(c2nc(-c3ccccc3)cs2)=C(O)[C@H]1CC. The van der Waals surface area contributed by atoms with Crippen LogP contribution in [0.15, 0.2) is 54.1 Å². The van der Waals surface area contributed by atoms with Crippen molar-refractivity contribution in [3.05, 3.63) is 59.1 Å². The summed E-state index contributed by atoms with van der Waals surface area (Å²) in [4.78, 5) is 6.50. The molecule has 0 saturated carbocycles. The van der Waals surface area contributed by atoms with E-state index < -0.39 is 0 Å². The van der Waals surface area contributed by atoms with Crippen molar-refractivity contribution in [1.82, 2.24) is 9.88 Å². The van der Waals surface area contributed by atoms with Crippen LogP contribution in [0.25, 0.3) is 16.8 Å². The van der Waals surface area contributed by atoms with Gasteiger partial charge in [-0.15, -0.1) is 17.9 Å². The Morgan fingerprint density at radius 1 is 1.39 bits per heavy atom. The quantitative estimate of drug-likeness (QED) is 0.804. The number of aliphatic hydroxyl groups is 1. The highest BCUT2D eigenvalue weighted by atomic mass is 32.1. The largest absolute Gasteiger partial charge is 0.509 e. The zero-order valence-corrected chi connectivity index (χ0v) is 13.8. The van der Waals surface area contributed by atoms with E-state index in [9.17, 15) is 5.11 Å². The first-order valence-electron chi connectivity index (χ1n) is 7.58. The average molecular weight is 325 g/mol. The molecule has 4 nitrogen and oxygen atoms in total. The van der Waals surface area contributed by atoms with Crippen LogP contribution in [0.2, 0.25) is 0 Å². The summed E-state index contributed by atoms with van der Waals surface area (Å²) >= 11 is 1.46. The number of hydrogen-bond donors (Lipinski definition) is 2. The van der Waals surface area contributed by atoms with E-state index in [1.165, 1.54) is 11.3 Å². The van der Waals surface area contributed by atoms with Crippen LogP contribution in [0, 0.1) is 5.41 Å². The molecule has 2 heterocycles. The maximum atomic E-state index is 10.6. The summed E-state index contributed by atoms with van der Waals surface area (Å²) in [6.45, 7) is 6.29. The predicted molar refractivity (Wildman–Crippen MR) is 95.8 cm³/mol. The number of amidine groups is 1. The minimum absolute atomic E-state index is 0.167. The van der Waals surface area contributed by atoms with Gasteiger partial charge >= 0.3 is 0 Å². The van der Waals surface area contributed by atoms with Crippen molar-refractivity contribution in [3.63, 3.8) is 0 Å². The molecule has 0 spiro atoms. The van der Waals surface area contributed by atoms with Crippen LogP contribution in [0.4, 0.5) is 0 Å². The Labute approximate surface area is 139 Å². The summed E-state index contributed by atoms with van der Waals surface area (Å²) in [5.41, 5.74) is 2.45. The van der Waals surface area contributed by atoms with Crippen LogP contribution in [-0.4, -0.2) is 33.4 Å². The van der Waals surface area contributed by atoms with Gasteiger partial charge in [0.15, 0.2) is 0 Å². The van der Waals surface area contributed by atoms with Gasteiger partial charge in [-0.25, -0.2) is 4.98 Å². The maximum absolute atomic E-state index is 10.6. The van der Waals surface area contributed by atoms with Gasteiger partial charge < -0.3 is 10.0 Å². The van der Waals surface area contributed by atoms with Crippen LogP contribution in [0.5, 0.6) is 0 Å². The molecule has 1 aliphatic rings. The minimum atomic E-state index is -0.167. The maximum Gasteiger partial charge on any atom is 0.135 e. The lowest BCUT2D eigenvalue weighted by Crippen LogP contribution is -2.34. The Balaban J connectivity index is 1.98. The molecule has 1 aromatic carbocycles. The van der Waals surface area contributed by atoms with Gasteiger partial charge in [-0.3, -0.25) is 5.41 Å². The van der Waals surface area contributed by atoms with E-state index in [1.807, 2.05) is 47.5 Å². The molecule has 0 unspecified atom stereocenters. The first-order chi connectivity index (χ1) is 11.2. The second-order valence-corrected chi connectivity index (χ2v) is 6.24. The van der Waals surface area contributed by atoms with Gasteiger partial charge in [-0.05, 0) is 6.42 Å². The molecule has 0 saturated heterocycles. The predicted octanol–water partition coefficient (Wildman–Crippen LogP) is 4.34. The molecule has 1 aliphatic heterocycles. The van der Waals surface area contributed by atoms with Crippen molar-refractivity contribution in [2.75, 3.05) is 6.54 Å². The van der Waals surface area contributed by atoms with Crippen molar-refractivity contribution in [1.29, 1.82) is 5.41 Å². The van der Waals surface area contributed by atoms with Gasteiger partial charge in [0.05, 0.1) is 17.3 Å². The van der Waals surface area contributed by atoms with Gasteiger partial charge in [0.1, 0.15) is 16.6 Å². The van der Waals surface area contributed by atoms with E-state index in [4.69, 9.17) is 5.41 Å². The Hall–Kier alpha value is -2.40. The lowest BCUT2D eigenvalue weighted by molar-refractivity contribution is 0.280. The van der Waals surface area contributed by atoms with Crippen LogP contribution in [0.3, 0.4) is 0 Å². The molecular weight excluding hydrogens is 306 g/mol. The molecule has 0 aliphatic carbocycles. The molecule has 1 aromatic heterocycles. The Morgan fingerprint density at radius 2 is 2.13 bits per heavy atom. The third-order valence-corrected chi connectivity index (χ3v) is 4.83. The highest BCUT2D eigenvalue weighted by molar-refractivity contribution is 7.11. The number of aromatic nitrogens is 1. The summed E-state index contributed by atoms with van der Waals surface area (Å²) in [5.74, 6) is 0.566. The molecule has 1 atom stereocenters. The summed E-state index contributed by atoms with van der Waals surface area (Å²) in [7, 11) is 0. The third-order valence-electron chi connectivity index (χ3n) is 3.97. The number of nitrogens with zero attached hydrogens (tertiary/aromatic N) is 2. The average Bonchev–Trinajstić information content (AvgIpc) is 3.13. The lowest BCUT2D eigenvalue weighted by atomic mass is 10.1. The standard InChI is InChI=1S/C18H19N3OS/c1-3-10-21-14(4-2)16(22)15(17(21)19)18-20-13(11-23-18)12-8-6-5-7-9-12/h3,5-9,11,14,19,22H,1,4,10H2,2H3/t14-/m1/s1. The normalized spacial score (nSPS) is 17.9. The van der Waals surface area contributed by atoms with Crippen LogP contribution in [-0.2, 0) is 0 Å². The molecule has 5 heteroatoms. The van der Waals surface area contributed by atoms with Gasteiger partial charge in [0.2, 0.25) is 0 Å². The molecule has 0 fully saturated rings. The molecule has 0 amide bonds. The fourth-order valence-electron chi connectivity index (χ4n) is 2.85. The van der Waals surface area contributed by atoms with E-state index in [1.54, 1.807) is 6.08 Å². The highest BCUT2D eigenvalue weighted by Gasteiger charge is 2.37. The summed E-state index contributed by atoms with van der Waals surface area (Å²) in [6.07, 6.45) is 2.49. The molecule has 118 valence electrons. The number of thiazole rings is 1. The molecule has 2 aromatic rings. The van der Waals surface area contributed by atoms with E-state index in [-0.39, 0.29) is 11.8 Å². The van der Waals surface area contributed by atoms with E-state index in [0.717, 1.165) is 17.7 Å². The first-order valence-corrected chi connectivity index (χ1v) is 8.46. The van der Waals surface area contributed by atoms with Gasteiger partial charge in [-0.1, -0.05) is 43.3 Å². The minimum Gasteiger partial charge on any atom is -0.509 e. The van der Waals surface area contributed by atoms with Crippen molar-refractivity contribution in [3.8, 4) is 11.3 Å². The van der Waals surface area contributed by atoms with Crippen molar-refractivity contribution in [2.45, 2.75) is 19.4 Å². The number of rotatable bonds is 5. The second-order valence-electron chi connectivity index (χ2n) is 5.38. The Bertz CT molecular complexity index is 764. The van der Waals surface area contributed by atoms with E-state index in [2.05, 4.69) is 11.6 Å². The number of hydrogen-bond acceptors (Lipinski definition) is 4. The van der Waals surface area contributed by atoms with Crippen molar-refractivity contribution >= 4 is 22.7 Å². The van der Waals surface area contributed by atoms with Gasteiger partial charge in [-0.2, -0.15) is 0 Å². The summed E-state index contributed by atoms with van der Waals surface area (Å²) in [5, 5.41) is 21.6. The Kier molecular flexibility index (Phi) is 4.30. The monoisotopic (exact) mass is 325 g/mol. The third kappa shape index (κ3) is 2.68. The number of nitrogens with one attached hydrogen (secondary N) is 1. The van der Waals surface area contributed by atoms with E-state index >= 15 is 0 Å². The fourth-order valence-corrected chi connectivity index (χ4v) is 3.73. The van der Waals surface area contributed by atoms with Crippen LogP contribution >= 0.6 is 11.3 Å². The molecule has 0 radical (unpaired) electrons. The van der Waals surface area contributed by atoms with Gasteiger partial charge in [0.25, 0.3) is 0 Å². The van der Waals surface area contributed by atoms with E-state index in [0.29, 0.717) is 23.0 Å². The summed E-state index contributed by atoms with van der Waals surface area (Å²) < 4.78 is 0. The molecule has 2 N–H and O–H groups in total. The topological polar surface area (TPSA) is 60.2 Å². The molecule has 3 rings (SSSR count). The van der Waals surface area contributed by atoms with Crippen LogP contribution < -0.4 is 0 Å².